The fourth-order valence-corrected chi connectivity index (χ4v) is 3.24. The molecular formula is C26H22N4O3. The van der Waals surface area contributed by atoms with Crippen LogP contribution in [0.15, 0.2) is 97.5 Å². The number of carbonyl (C=O) groups excluding carboxylic acids is 2. The SMILES string of the molecule is Cc1ccc(C(NC(=O)C(=O)Nc2cccc(Oc3cnccn3)c2)c2ccccc2)cc1. The summed E-state index contributed by atoms with van der Waals surface area (Å²) in [6, 6.07) is 23.6. The van der Waals surface area contributed by atoms with Gasteiger partial charge in [-0.2, -0.15) is 0 Å². The Bertz CT molecular complexity index is 1230. The Hall–Kier alpha value is -4.52. The van der Waals surface area contributed by atoms with Gasteiger partial charge in [-0.15, -0.1) is 0 Å². The van der Waals surface area contributed by atoms with Crippen molar-refractivity contribution in [3.8, 4) is 11.6 Å². The number of ether oxygens (including phenoxy) is 1. The maximum absolute atomic E-state index is 12.8. The van der Waals surface area contributed by atoms with Gasteiger partial charge in [0.2, 0.25) is 5.88 Å². The Balaban J connectivity index is 1.47. The second kappa shape index (κ2) is 10.2. The van der Waals surface area contributed by atoms with Crippen LogP contribution in [0.25, 0.3) is 0 Å². The van der Waals surface area contributed by atoms with Crippen LogP contribution in [0.1, 0.15) is 22.7 Å². The highest BCUT2D eigenvalue weighted by Gasteiger charge is 2.21. The first-order valence-corrected chi connectivity index (χ1v) is 10.4. The summed E-state index contributed by atoms with van der Waals surface area (Å²) in [6.07, 6.45) is 4.54. The number of nitrogens with one attached hydrogen (secondary N) is 2. The van der Waals surface area contributed by atoms with Crippen LogP contribution < -0.4 is 15.4 Å². The van der Waals surface area contributed by atoms with Crippen molar-refractivity contribution in [1.29, 1.82) is 0 Å². The summed E-state index contributed by atoms with van der Waals surface area (Å²) in [5.41, 5.74) is 3.29. The summed E-state index contributed by atoms with van der Waals surface area (Å²) in [4.78, 5) is 33.4. The summed E-state index contributed by atoms with van der Waals surface area (Å²) < 4.78 is 5.63. The van der Waals surface area contributed by atoms with Gasteiger partial charge in [0.1, 0.15) is 5.75 Å². The van der Waals surface area contributed by atoms with E-state index in [1.54, 1.807) is 30.5 Å². The average Bonchev–Trinajstić information content (AvgIpc) is 2.84. The first kappa shape index (κ1) is 21.7. The zero-order chi connectivity index (χ0) is 23.0. The van der Waals surface area contributed by atoms with Gasteiger partial charge in [-0.1, -0.05) is 66.2 Å². The quantitative estimate of drug-likeness (QED) is 0.435. The Kier molecular flexibility index (Phi) is 6.70. The molecule has 0 aliphatic rings. The fraction of sp³-hybridized carbons (Fsp3) is 0.0769. The Morgan fingerprint density at radius 2 is 1.61 bits per heavy atom. The smallest absolute Gasteiger partial charge is 0.313 e. The van der Waals surface area contributed by atoms with Crippen molar-refractivity contribution < 1.29 is 14.3 Å². The molecule has 4 rings (SSSR count). The van der Waals surface area contributed by atoms with Crippen molar-refractivity contribution in [2.45, 2.75) is 13.0 Å². The normalized spacial score (nSPS) is 11.3. The molecule has 4 aromatic rings. The van der Waals surface area contributed by atoms with Crippen molar-refractivity contribution in [2.24, 2.45) is 0 Å². The summed E-state index contributed by atoms with van der Waals surface area (Å²) in [5.74, 6) is -0.748. The molecule has 0 bridgehead atoms. The third-order valence-corrected chi connectivity index (χ3v) is 4.88. The zero-order valence-electron chi connectivity index (χ0n) is 17.9. The topological polar surface area (TPSA) is 93.2 Å². The first-order chi connectivity index (χ1) is 16.1. The minimum atomic E-state index is -0.778. The van der Waals surface area contributed by atoms with Crippen LogP contribution in [-0.4, -0.2) is 21.8 Å². The Labute approximate surface area is 191 Å². The lowest BCUT2D eigenvalue weighted by molar-refractivity contribution is -0.136. The number of amides is 2. The molecule has 7 nitrogen and oxygen atoms in total. The molecule has 0 radical (unpaired) electrons. The minimum Gasteiger partial charge on any atom is -0.437 e. The van der Waals surface area contributed by atoms with Crippen molar-refractivity contribution >= 4 is 17.5 Å². The monoisotopic (exact) mass is 438 g/mol. The van der Waals surface area contributed by atoms with Crippen molar-refractivity contribution in [1.82, 2.24) is 15.3 Å². The van der Waals surface area contributed by atoms with Gasteiger partial charge in [-0.3, -0.25) is 14.6 Å². The lowest BCUT2D eigenvalue weighted by Gasteiger charge is -2.20. The van der Waals surface area contributed by atoms with Crippen LogP contribution in [-0.2, 0) is 9.59 Å². The number of hydrogen-bond acceptors (Lipinski definition) is 5. The van der Waals surface area contributed by atoms with Gasteiger partial charge in [-0.05, 0) is 30.2 Å². The molecule has 33 heavy (non-hydrogen) atoms. The highest BCUT2D eigenvalue weighted by atomic mass is 16.5. The number of aromatic nitrogens is 2. The third kappa shape index (κ3) is 5.80. The average molecular weight is 438 g/mol. The maximum atomic E-state index is 12.8. The third-order valence-electron chi connectivity index (χ3n) is 4.88. The Morgan fingerprint density at radius 3 is 2.33 bits per heavy atom. The second-order valence-corrected chi connectivity index (χ2v) is 7.36. The highest BCUT2D eigenvalue weighted by Crippen LogP contribution is 2.24. The molecule has 0 fully saturated rings. The lowest BCUT2D eigenvalue weighted by Crippen LogP contribution is -2.38. The second-order valence-electron chi connectivity index (χ2n) is 7.36. The molecule has 0 aliphatic heterocycles. The van der Waals surface area contributed by atoms with Crippen molar-refractivity contribution in [2.75, 3.05) is 5.32 Å². The molecule has 7 heteroatoms. The molecule has 0 spiro atoms. The fourth-order valence-electron chi connectivity index (χ4n) is 3.24. The van der Waals surface area contributed by atoms with E-state index >= 15 is 0 Å². The van der Waals surface area contributed by atoms with Crippen LogP contribution in [0, 0.1) is 6.92 Å². The van der Waals surface area contributed by atoms with Crippen LogP contribution >= 0.6 is 0 Å². The van der Waals surface area contributed by atoms with E-state index in [4.69, 9.17) is 4.74 Å². The molecule has 1 heterocycles. The number of benzene rings is 3. The molecule has 2 amide bonds. The van der Waals surface area contributed by atoms with Gasteiger partial charge < -0.3 is 15.4 Å². The van der Waals surface area contributed by atoms with Gasteiger partial charge in [0.15, 0.2) is 0 Å². The molecule has 1 unspecified atom stereocenters. The number of rotatable bonds is 6. The molecule has 0 saturated carbocycles. The predicted molar refractivity (Wildman–Crippen MR) is 125 cm³/mol. The van der Waals surface area contributed by atoms with Crippen LogP contribution in [0.5, 0.6) is 11.6 Å². The van der Waals surface area contributed by atoms with Crippen LogP contribution in [0.3, 0.4) is 0 Å². The predicted octanol–water partition coefficient (Wildman–Crippen LogP) is 4.42. The van der Waals surface area contributed by atoms with E-state index in [1.165, 1.54) is 12.4 Å². The van der Waals surface area contributed by atoms with Crippen molar-refractivity contribution in [3.63, 3.8) is 0 Å². The molecule has 2 N–H and O–H groups in total. The lowest BCUT2D eigenvalue weighted by atomic mass is 9.98. The van der Waals surface area contributed by atoms with E-state index in [2.05, 4.69) is 20.6 Å². The van der Waals surface area contributed by atoms with E-state index in [9.17, 15) is 9.59 Å². The maximum Gasteiger partial charge on any atom is 0.313 e. The molecular weight excluding hydrogens is 416 g/mol. The first-order valence-electron chi connectivity index (χ1n) is 10.4. The zero-order valence-corrected chi connectivity index (χ0v) is 17.9. The molecule has 1 aromatic heterocycles. The molecule has 0 aliphatic carbocycles. The van der Waals surface area contributed by atoms with E-state index in [1.807, 2.05) is 61.5 Å². The highest BCUT2D eigenvalue weighted by molar-refractivity contribution is 6.39. The number of nitrogens with zero attached hydrogens (tertiary/aromatic N) is 2. The van der Waals surface area contributed by atoms with Gasteiger partial charge in [0.25, 0.3) is 0 Å². The van der Waals surface area contributed by atoms with E-state index < -0.39 is 17.9 Å². The Morgan fingerprint density at radius 1 is 0.848 bits per heavy atom. The van der Waals surface area contributed by atoms with Gasteiger partial charge in [-0.25, -0.2) is 4.98 Å². The van der Waals surface area contributed by atoms with E-state index in [-0.39, 0.29) is 0 Å². The van der Waals surface area contributed by atoms with Gasteiger partial charge in [0, 0.05) is 24.1 Å². The van der Waals surface area contributed by atoms with Gasteiger partial charge in [0.05, 0.1) is 12.2 Å². The molecule has 3 aromatic carbocycles. The van der Waals surface area contributed by atoms with E-state index in [0.717, 1.165) is 16.7 Å². The van der Waals surface area contributed by atoms with E-state index in [0.29, 0.717) is 17.3 Å². The summed E-state index contributed by atoms with van der Waals surface area (Å²) in [7, 11) is 0. The standard InChI is InChI=1S/C26H22N4O3/c1-18-10-12-20(13-11-18)24(19-6-3-2-4-7-19)30-26(32)25(31)29-21-8-5-9-22(16-21)33-23-17-27-14-15-28-23/h2-17,24H,1H3,(H,29,31)(H,30,32). The van der Waals surface area contributed by atoms with Crippen LogP contribution in [0.4, 0.5) is 5.69 Å². The van der Waals surface area contributed by atoms with Crippen LogP contribution in [0.2, 0.25) is 0 Å². The van der Waals surface area contributed by atoms with Crippen molar-refractivity contribution in [3.05, 3.63) is 114 Å². The number of aryl methyl sites for hydroxylation is 1. The summed E-state index contributed by atoms with van der Waals surface area (Å²) >= 11 is 0. The number of hydrogen-bond donors (Lipinski definition) is 2. The molecule has 1 atom stereocenters. The summed E-state index contributed by atoms with van der Waals surface area (Å²) in [5, 5.41) is 5.46. The summed E-state index contributed by atoms with van der Waals surface area (Å²) in [6.45, 7) is 2.00. The number of anilines is 1. The minimum absolute atomic E-state index is 0.322. The molecule has 0 saturated heterocycles. The number of carbonyl (C=O) groups is 2. The largest absolute Gasteiger partial charge is 0.437 e. The van der Waals surface area contributed by atoms with Gasteiger partial charge >= 0.3 is 11.8 Å². The molecule has 164 valence electrons.